The Morgan fingerprint density at radius 2 is 1.77 bits per heavy atom. The van der Waals surface area contributed by atoms with Gasteiger partial charge in [0, 0.05) is 5.69 Å². The van der Waals surface area contributed by atoms with E-state index < -0.39 is 34.6 Å². The van der Waals surface area contributed by atoms with Crippen molar-refractivity contribution in [3.05, 3.63) is 47.3 Å². The summed E-state index contributed by atoms with van der Waals surface area (Å²) in [6.07, 6.45) is -6.39. The lowest BCUT2D eigenvalue weighted by molar-refractivity contribution is -0.137. The van der Waals surface area contributed by atoms with Gasteiger partial charge in [-0.25, -0.2) is 13.1 Å². The minimum absolute atomic E-state index is 0.226. The summed E-state index contributed by atoms with van der Waals surface area (Å²) >= 11 is 0. The Labute approximate surface area is 149 Å². The highest BCUT2D eigenvalue weighted by atomic mass is 32.2. The van der Waals surface area contributed by atoms with Crippen molar-refractivity contribution in [2.24, 2.45) is 0 Å². The summed E-state index contributed by atoms with van der Waals surface area (Å²) in [4.78, 5) is 12.3. The van der Waals surface area contributed by atoms with Crippen LogP contribution in [0.25, 0.3) is 0 Å². The van der Waals surface area contributed by atoms with Gasteiger partial charge in [0.1, 0.15) is 6.04 Å². The van der Waals surface area contributed by atoms with Crippen LogP contribution in [-0.2, 0) is 10.0 Å². The van der Waals surface area contributed by atoms with E-state index in [4.69, 9.17) is 0 Å². The number of nitrogens with zero attached hydrogens (tertiary/aromatic N) is 2. The summed E-state index contributed by atoms with van der Waals surface area (Å²) in [5.74, 6) is -1.09. The number of aryl methyl sites for hydroxylation is 3. The van der Waals surface area contributed by atoms with Crippen LogP contribution in [0.2, 0.25) is 0 Å². The molecule has 1 unspecified atom stereocenters. The fraction of sp³-hybridized carbons (Fsp3) is 0.375. The van der Waals surface area contributed by atoms with Gasteiger partial charge in [0.05, 0.1) is 17.0 Å². The number of hydrogen-bond acceptors (Lipinski definition) is 4. The maximum atomic E-state index is 12.9. The maximum Gasteiger partial charge on any atom is 0.391 e. The Morgan fingerprint density at radius 1 is 1.19 bits per heavy atom. The fourth-order valence-electron chi connectivity index (χ4n) is 2.38. The standard InChI is InChI=1S/C16H18F3N3O3S/c1-10-4-6-13(7-5-10)26(24,25)21-14(9-16(17,18)19)15(23)22-12(3)8-11(2)20-22/h4-8,14,21H,9H2,1-3H3. The predicted molar refractivity (Wildman–Crippen MR) is 88.3 cm³/mol. The number of rotatable bonds is 5. The van der Waals surface area contributed by atoms with Crippen LogP contribution in [0.4, 0.5) is 13.2 Å². The minimum atomic E-state index is -4.74. The topological polar surface area (TPSA) is 81.1 Å². The van der Waals surface area contributed by atoms with Crippen LogP contribution in [0.5, 0.6) is 0 Å². The maximum absolute atomic E-state index is 12.9. The molecule has 2 rings (SSSR count). The van der Waals surface area contributed by atoms with Gasteiger partial charge in [-0.15, -0.1) is 0 Å². The lowest BCUT2D eigenvalue weighted by Crippen LogP contribution is -2.46. The van der Waals surface area contributed by atoms with Crippen molar-refractivity contribution in [1.82, 2.24) is 14.5 Å². The summed E-state index contributed by atoms with van der Waals surface area (Å²) in [5.41, 5.74) is 1.53. The zero-order valence-electron chi connectivity index (χ0n) is 14.3. The van der Waals surface area contributed by atoms with Crippen molar-refractivity contribution in [2.75, 3.05) is 0 Å². The largest absolute Gasteiger partial charge is 0.391 e. The number of hydrogen-bond donors (Lipinski definition) is 1. The molecule has 0 radical (unpaired) electrons. The highest BCUT2D eigenvalue weighted by Crippen LogP contribution is 2.24. The Kier molecular flexibility index (Phi) is 5.57. The molecule has 0 spiro atoms. The fourth-order valence-corrected chi connectivity index (χ4v) is 3.57. The molecule has 142 valence electrons. The second-order valence-corrected chi connectivity index (χ2v) is 7.70. The third kappa shape index (κ3) is 4.92. The molecule has 0 saturated carbocycles. The van der Waals surface area contributed by atoms with Gasteiger partial charge in [-0.3, -0.25) is 4.79 Å². The van der Waals surface area contributed by atoms with Gasteiger partial charge >= 0.3 is 6.18 Å². The van der Waals surface area contributed by atoms with Crippen LogP contribution < -0.4 is 4.72 Å². The molecule has 26 heavy (non-hydrogen) atoms. The van der Waals surface area contributed by atoms with Crippen LogP contribution in [0, 0.1) is 20.8 Å². The number of sulfonamides is 1. The third-order valence-corrected chi connectivity index (χ3v) is 5.07. The van der Waals surface area contributed by atoms with Crippen LogP contribution in [-0.4, -0.2) is 36.3 Å². The average molecular weight is 389 g/mol. The molecule has 0 bridgehead atoms. The normalized spacial score (nSPS) is 13.6. The van der Waals surface area contributed by atoms with Crippen molar-refractivity contribution >= 4 is 15.9 Å². The molecule has 0 aliphatic heterocycles. The molecule has 1 N–H and O–H groups in total. The van der Waals surface area contributed by atoms with Crippen LogP contribution >= 0.6 is 0 Å². The molecule has 1 heterocycles. The first-order chi connectivity index (χ1) is 11.9. The first kappa shape index (κ1) is 20.1. The summed E-state index contributed by atoms with van der Waals surface area (Å²) in [7, 11) is -4.32. The molecule has 0 aliphatic rings. The SMILES string of the molecule is Cc1ccc(S(=O)(=O)NC(CC(F)(F)F)C(=O)n2nc(C)cc2C)cc1. The Bertz CT molecular complexity index is 903. The summed E-state index contributed by atoms with van der Waals surface area (Å²) in [6, 6.07) is 5.02. The number of aromatic nitrogens is 2. The van der Waals surface area contributed by atoms with E-state index in [-0.39, 0.29) is 4.90 Å². The molecular formula is C16H18F3N3O3S. The molecule has 0 aliphatic carbocycles. The predicted octanol–water partition coefficient (Wildman–Crippen LogP) is 2.75. The molecule has 10 heteroatoms. The van der Waals surface area contributed by atoms with Crippen LogP contribution in [0.1, 0.15) is 28.2 Å². The quantitative estimate of drug-likeness (QED) is 0.853. The van der Waals surface area contributed by atoms with Crippen LogP contribution in [0.15, 0.2) is 35.2 Å². The first-order valence-corrected chi connectivity index (χ1v) is 9.10. The second-order valence-electron chi connectivity index (χ2n) is 5.98. The second kappa shape index (κ2) is 7.20. The van der Waals surface area contributed by atoms with E-state index >= 15 is 0 Å². The summed E-state index contributed by atoms with van der Waals surface area (Å²) in [5, 5.41) is 3.84. The third-order valence-electron chi connectivity index (χ3n) is 3.58. The number of carbonyl (C=O) groups excluding carboxylic acids is 1. The zero-order chi connectivity index (χ0) is 19.7. The molecule has 0 saturated heterocycles. The van der Waals surface area contributed by atoms with Gasteiger partial charge < -0.3 is 0 Å². The van der Waals surface area contributed by atoms with Crippen molar-refractivity contribution in [3.8, 4) is 0 Å². The van der Waals surface area contributed by atoms with Crippen molar-refractivity contribution in [3.63, 3.8) is 0 Å². The smallest absolute Gasteiger partial charge is 0.271 e. The van der Waals surface area contributed by atoms with Gasteiger partial charge in [-0.2, -0.15) is 23.0 Å². The molecule has 1 aromatic carbocycles. The van der Waals surface area contributed by atoms with E-state index in [1.54, 1.807) is 13.8 Å². The van der Waals surface area contributed by atoms with Gasteiger partial charge in [0.2, 0.25) is 10.0 Å². The molecule has 1 aromatic heterocycles. The van der Waals surface area contributed by atoms with Crippen molar-refractivity contribution in [2.45, 2.75) is 44.3 Å². The van der Waals surface area contributed by atoms with E-state index in [0.717, 1.165) is 10.2 Å². The number of carbonyl (C=O) groups is 1. The van der Waals surface area contributed by atoms with Gasteiger partial charge in [0.25, 0.3) is 5.91 Å². The summed E-state index contributed by atoms with van der Waals surface area (Å²) < 4.78 is 66.2. The van der Waals surface area contributed by atoms with E-state index in [1.807, 2.05) is 4.72 Å². The van der Waals surface area contributed by atoms with Crippen molar-refractivity contribution < 1.29 is 26.4 Å². The van der Waals surface area contributed by atoms with Crippen molar-refractivity contribution in [1.29, 1.82) is 0 Å². The summed E-state index contributed by atoms with van der Waals surface area (Å²) in [6.45, 7) is 4.81. The number of halogens is 3. The number of benzene rings is 1. The minimum Gasteiger partial charge on any atom is -0.271 e. The Hall–Kier alpha value is -2.20. The zero-order valence-corrected chi connectivity index (χ0v) is 15.1. The molecule has 0 fully saturated rings. The first-order valence-electron chi connectivity index (χ1n) is 7.62. The van der Waals surface area contributed by atoms with Gasteiger partial charge in [-0.1, -0.05) is 17.7 Å². The van der Waals surface area contributed by atoms with E-state index in [0.29, 0.717) is 11.4 Å². The van der Waals surface area contributed by atoms with E-state index in [9.17, 15) is 26.4 Å². The lowest BCUT2D eigenvalue weighted by atomic mass is 10.2. The molecule has 0 amide bonds. The highest BCUT2D eigenvalue weighted by molar-refractivity contribution is 7.89. The van der Waals surface area contributed by atoms with Gasteiger partial charge in [0.15, 0.2) is 0 Å². The van der Waals surface area contributed by atoms with E-state index in [1.165, 1.54) is 37.3 Å². The monoisotopic (exact) mass is 389 g/mol. The van der Waals surface area contributed by atoms with Gasteiger partial charge in [-0.05, 0) is 39.0 Å². The highest BCUT2D eigenvalue weighted by Gasteiger charge is 2.39. The van der Waals surface area contributed by atoms with Crippen LogP contribution in [0.3, 0.4) is 0 Å². The Morgan fingerprint density at radius 3 is 2.23 bits per heavy atom. The number of nitrogens with one attached hydrogen (secondary N) is 1. The molecule has 2 aromatic rings. The molecular weight excluding hydrogens is 371 g/mol. The Balaban J connectivity index is 2.37. The number of alkyl halides is 3. The molecule has 6 nitrogen and oxygen atoms in total. The van der Waals surface area contributed by atoms with E-state index in [2.05, 4.69) is 5.10 Å². The molecule has 1 atom stereocenters. The average Bonchev–Trinajstić information content (AvgIpc) is 2.83. The lowest BCUT2D eigenvalue weighted by Gasteiger charge is -2.19.